The third-order valence-corrected chi connectivity index (χ3v) is 4.08. The molecule has 0 aliphatic rings. The molecule has 146 valence electrons. The van der Waals surface area contributed by atoms with Crippen LogP contribution in [0.1, 0.15) is 21.5 Å². The summed E-state index contributed by atoms with van der Waals surface area (Å²) >= 11 is 0. The van der Waals surface area contributed by atoms with Crippen molar-refractivity contribution in [3.05, 3.63) is 95.6 Å². The Bertz CT molecular complexity index is 999. The van der Waals surface area contributed by atoms with Crippen LogP contribution in [0.3, 0.4) is 0 Å². The average Bonchev–Trinajstić information content (AvgIpc) is 2.74. The van der Waals surface area contributed by atoms with Gasteiger partial charge in [0.05, 0.1) is 6.21 Å². The van der Waals surface area contributed by atoms with E-state index in [2.05, 4.69) is 15.8 Å². The van der Waals surface area contributed by atoms with Gasteiger partial charge in [-0.3, -0.25) is 9.59 Å². The maximum Gasteiger partial charge on any atom is 0.271 e. The van der Waals surface area contributed by atoms with Crippen LogP contribution in [0.2, 0.25) is 0 Å². The van der Waals surface area contributed by atoms with E-state index in [1.54, 1.807) is 36.5 Å². The SMILES string of the molecule is Cc1ccccc1C(=O)NN=Cc1ccc(OCC(=O)Nc2ccccc2)cc1. The lowest BCUT2D eigenvalue weighted by Crippen LogP contribution is -2.20. The van der Waals surface area contributed by atoms with Gasteiger partial charge in [0.15, 0.2) is 6.61 Å². The summed E-state index contributed by atoms with van der Waals surface area (Å²) in [5, 5.41) is 6.73. The van der Waals surface area contributed by atoms with Gasteiger partial charge in [-0.05, 0) is 60.5 Å². The fraction of sp³-hybridized carbons (Fsp3) is 0.0870. The summed E-state index contributed by atoms with van der Waals surface area (Å²) < 4.78 is 5.48. The smallest absolute Gasteiger partial charge is 0.271 e. The molecule has 0 heterocycles. The number of nitrogens with one attached hydrogen (secondary N) is 2. The molecule has 0 spiro atoms. The summed E-state index contributed by atoms with van der Waals surface area (Å²) in [7, 11) is 0. The number of anilines is 1. The highest BCUT2D eigenvalue weighted by molar-refractivity contribution is 5.96. The van der Waals surface area contributed by atoms with Crippen LogP contribution in [0.25, 0.3) is 0 Å². The number of hydrogen-bond acceptors (Lipinski definition) is 4. The van der Waals surface area contributed by atoms with Crippen LogP contribution >= 0.6 is 0 Å². The molecule has 0 aliphatic heterocycles. The highest BCUT2D eigenvalue weighted by atomic mass is 16.5. The van der Waals surface area contributed by atoms with Crippen molar-refractivity contribution in [3.63, 3.8) is 0 Å². The number of ether oxygens (including phenoxy) is 1. The van der Waals surface area contributed by atoms with Gasteiger partial charge in [-0.1, -0.05) is 36.4 Å². The Hall–Kier alpha value is -3.93. The topological polar surface area (TPSA) is 79.8 Å². The molecule has 6 heteroatoms. The van der Waals surface area contributed by atoms with Gasteiger partial charge in [0.1, 0.15) is 5.75 Å². The lowest BCUT2D eigenvalue weighted by molar-refractivity contribution is -0.118. The molecule has 0 unspecified atom stereocenters. The van der Waals surface area contributed by atoms with Gasteiger partial charge in [0.2, 0.25) is 0 Å². The molecular formula is C23H21N3O3. The van der Waals surface area contributed by atoms with Crippen LogP contribution < -0.4 is 15.5 Å². The van der Waals surface area contributed by atoms with E-state index >= 15 is 0 Å². The van der Waals surface area contributed by atoms with Crippen LogP contribution in [0.15, 0.2) is 84.0 Å². The monoisotopic (exact) mass is 387 g/mol. The van der Waals surface area contributed by atoms with Gasteiger partial charge in [0, 0.05) is 11.3 Å². The first-order chi connectivity index (χ1) is 14.1. The minimum absolute atomic E-state index is 0.0885. The number of rotatable bonds is 7. The minimum Gasteiger partial charge on any atom is -0.484 e. The van der Waals surface area contributed by atoms with Crippen molar-refractivity contribution in [3.8, 4) is 5.75 Å². The summed E-state index contributed by atoms with van der Waals surface area (Å²) in [4.78, 5) is 24.0. The first kappa shape index (κ1) is 19.8. The summed E-state index contributed by atoms with van der Waals surface area (Å²) in [5.74, 6) is 0.0683. The molecule has 0 aromatic heterocycles. The first-order valence-electron chi connectivity index (χ1n) is 9.08. The maximum absolute atomic E-state index is 12.1. The molecule has 0 atom stereocenters. The molecule has 3 aromatic carbocycles. The fourth-order valence-electron chi connectivity index (χ4n) is 2.57. The summed E-state index contributed by atoms with van der Waals surface area (Å²) in [6, 6.07) is 23.5. The molecule has 2 amide bonds. The van der Waals surface area contributed by atoms with Crippen molar-refractivity contribution < 1.29 is 14.3 Å². The number of aryl methyl sites for hydroxylation is 1. The summed E-state index contributed by atoms with van der Waals surface area (Å²) in [5.41, 5.74) is 5.50. The number of amides is 2. The zero-order valence-corrected chi connectivity index (χ0v) is 16.0. The lowest BCUT2D eigenvalue weighted by Gasteiger charge is -2.07. The van der Waals surface area contributed by atoms with Crippen molar-refractivity contribution in [1.29, 1.82) is 0 Å². The zero-order chi connectivity index (χ0) is 20.5. The van der Waals surface area contributed by atoms with E-state index in [4.69, 9.17) is 4.74 Å². The Morgan fingerprint density at radius 2 is 1.62 bits per heavy atom. The largest absolute Gasteiger partial charge is 0.484 e. The molecular weight excluding hydrogens is 366 g/mol. The second-order valence-electron chi connectivity index (χ2n) is 6.29. The lowest BCUT2D eigenvalue weighted by atomic mass is 10.1. The predicted octanol–water partition coefficient (Wildman–Crippen LogP) is 3.78. The molecule has 2 N–H and O–H groups in total. The normalized spacial score (nSPS) is 10.5. The highest BCUT2D eigenvalue weighted by Gasteiger charge is 2.06. The van der Waals surface area contributed by atoms with Gasteiger partial charge < -0.3 is 10.1 Å². The third-order valence-electron chi connectivity index (χ3n) is 4.08. The first-order valence-corrected chi connectivity index (χ1v) is 9.08. The molecule has 0 bridgehead atoms. The van der Waals surface area contributed by atoms with Crippen molar-refractivity contribution >= 4 is 23.7 Å². The van der Waals surface area contributed by atoms with Crippen molar-refractivity contribution in [2.24, 2.45) is 5.10 Å². The number of carbonyl (C=O) groups excluding carboxylic acids is 2. The Kier molecular flexibility index (Phi) is 6.73. The number of benzene rings is 3. The van der Waals surface area contributed by atoms with E-state index in [1.165, 1.54) is 0 Å². The van der Waals surface area contributed by atoms with E-state index in [0.29, 0.717) is 11.3 Å². The molecule has 0 saturated carbocycles. The Labute approximate surface area is 169 Å². The van der Waals surface area contributed by atoms with Gasteiger partial charge in [-0.2, -0.15) is 5.10 Å². The molecule has 0 saturated heterocycles. The molecule has 0 aliphatic carbocycles. The number of nitrogens with zero attached hydrogens (tertiary/aromatic N) is 1. The molecule has 29 heavy (non-hydrogen) atoms. The van der Waals surface area contributed by atoms with E-state index in [9.17, 15) is 9.59 Å². The molecule has 0 radical (unpaired) electrons. The van der Waals surface area contributed by atoms with Gasteiger partial charge in [0.25, 0.3) is 11.8 Å². The summed E-state index contributed by atoms with van der Waals surface area (Å²) in [6.45, 7) is 1.78. The second-order valence-corrected chi connectivity index (χ2v) is 6.29. The Morgan fingerprint density at radius 1 is 0.931 bits per heavy atom. The maximum atomic E-state index is 12.1. The van der Waals surface area contributed by atoms with Crippen LogP contribution in [0.4, 0.5) is 5.69 Å². The third kappa shape index (κ3) is 6.04. The molecule has 0 fully saturated rings. The van der Waals surface area contributed by atoms with E-state index in [1.807, 2.05) is 55.5 Å². The standard InChI is InChI=1S/C23H21N3O3/c1-17-7-5-6-10-21(17)23(28)26-24-15-18-11-13-20(14-12-18)29-16-22(27)25-19-8-3-2-4-9-19/h2-15H,16H2,1H3,(H,25,27)(H,26,28). The average molecular weight is 387 g/mol. The van der Waals surface area contributed by atoms with E-state index < -0.39 is 0 Å². The van der Waals surface area contributed by atoms with Crippen LogP contribution in [-0.4, -0.2) is 24.6 Å². The van der Waals surface area contributed by atoms with Gasteiger partial charge >= 0.3 is 0 Å². The number of hydrazone groups is 1. The summed E-state index contributed by atoms with van der Waals surface area (Å²) in [6.07, 6.45) is 1.54. The number of hydrogen-bond donors (Lipinski definition) is 2. The minimum atomic E-state index is -0.260. The zero-order valence-electron chi connectivity index (χ0n) is 16.0. The van der Waals surface area contributed by atoms with Crippen molar-refractivity contribution in [2.75, 3.05) is 11.9 Å². The van der Waals surface area contributed by atoms with E-state index in [0.717, 1.165) is 16.8 Å². The number of carbonyl (C=O) groups is 2. The van der Waals surface area contributed by atoms with Gasteiger partial charge in [-0.15, -0.1) is 0 Å². The second kappa shape index (κ2) is 9.85. The molecule has 6 nitrogen and oxygen atoms in total. The quantitative estimate of drug-likeness (QED) is 0.478. The Balaban J connectivity index is 1.47. The van der Waals surface area contributed by atoms with Crippen LogP contribution in [0.5, 0.6) is 5.75 Å². The van der Waals surface area contributed by atoms with Gasteiger partial charge in [-0.25, -0.2) is 5.43 Å². The number of para-hydroxylation sites is 1. The van der Waals surface area contributed by atoms with E-state index in [-0.39, 0.29) is 18.4 Å². The fourth-order valence-corrected chi connectivity index (χ4v) is 2.57. The Morgan fingerprint density at radius 3 is 2.34 bits per heavy atom. The van der Waals surface area contributed by atoms with Crippen molar-refractivity contribution in [2.45, 2.75) is 6.92 Å². The van der Waals surface area contributed by atoms with Crippen LogP contribution in [-0.2, 0) is 4.79 Å². The molecule has 3 rings (SSSR count). The predicted molar refractivity (Wildman–Crippen MR) is 113 cm³/mol. The van der Waals surface area contributed by atoms with Crippen LogP contribution in [0, 0.1) is 6.92 Å². The molecule has 3 aromatic rings. The van der Waals surface area contributed by atoms with Crippen molar-refractivity contribution in [1.82, 2.24) is 5.43 Å². The highest BCUT2D eigenvalue weighted by Crippen LogP contribution is 2.12.